The molecule has 1 aliphatic heterocycles. The molecule has 96 valence electrons. The number of aliphatic hydroxyl groups is 3. The van der Waals surface area contributed by atoms with Gasteiger partial charge in [-0.25, -0.2) is 4.98 Å². The Kier molecular flexibility index (Phi) is 2.79. The van der Waals surface area contributed by atoms with Crippen molar-refractivity contribution in [3.05, 3.63) is 30.6 Å². The van der Waals surface area contributed by atoms with Crippen LogP contribution in [0, 0.1) is 0 Å². The first-order chi connectivity index (χ1) is 8.72. The Balaban J connectivity index is 2.00. The summed E-state index contributed by atoms with van der Waals surface area (Å²) in [5.41, 5.74) is 1.60. The van der Waals surface area contributed by atoms with Crippen LogP contribution >= 0.6 is 0 Å². The van der Waals surface area contributed by atoms with Gasteiger partial charge in [0.15, 0.2) is 6.23 Å². The molecule has 0 spiro atoms. The fourth-order valence-corrected chi connectivity index (χ4v) is 2.29. The second kappa shape index (κ2) is 4.33. The molecule has 0 amide bonds. The molecule has 1 aromatic carbocycles. The molecule has 2 heterocycles. The number of aromatic nitrogens is 2. The van der Waals surface area contributed by atoms with Crippen LogP contribution in [-0.2, 0) is 4.74 Å². The summed E-state index contributed by atoms with van der Waals surface area (Å²) in [5, 5.41) is 28.7. The van der Waals surface area contributed by atoms with Crippen molar-refractivity contribution in [3.8, 4) is 0 Å². The molecule has 0 saturated carbocycles. The molecule has 18 heavy (non-hydrogen) atoms. The molecule has 1 saturated heterocycles. The van der Waals surface area contributed by atoms with Gasteiger partial charge in [0.2, 0.25) is 0 Å². The minimum Gasteiger partial charge on any atom is -0.394 e. The van der Waals surface area contributed by atoms with Gasteiger partial charge >= 0.3 is 0 Å². The monoisotopic (exact) mass is 250 g/mol. The van der Waals surface area contributed by atoms with E-state index < -0.39 is 24.5 Å². The largest absolute Gasteiger partial charge is 0.394 e. The Hall–Kier alpha value is -1.47. The third kappa shape index (κ3) is 1.62. The summed E-state index contributed by atoms with van der Waals surface area (Å²) in [6.45, 7) is -0.332. The molecule has 2 aromatic rings. The quantitative estimate of drug-likeness (QED) is 0.678. The minimum absolute atomic E-state index is 0.332. The Labute approximate surface area is 103 Å². The first-order valence-electron chi connectivity index (χ1n) is 5.76. The number of hydrogen-bond donors (Lipinski definition) is 3. The number of para-hydroxylation sites is 2. The van der Waals surface area contributed by atoms with Crippen LogP contribution in [0.5, 0.6) is 0 Å². The van der Waals surface area contributed by atoms with Crippen molar-refractivity contribution >= 4 is 11.0 Å². The smallest absolute Gasteiger partial charge is 0.164 e. The number of hydrogen-bond acceptors (Lipinski definition) is 5. The van der Waals surface area contributed by atoms with E-state index in [-0.39, 0.29) is 6.61 Å². The molecule has 6 heteroatoms. The Morgan fingerprint density at radius 3 is 2.72 bits per heavy atom. The lowest BCUT2D eigenvalue weighted by molar-refractivity contribution is -0.0508. The molecule has 0 aliphatic carbocycles. The molecule has 0 bridgehead atoms. The molecule has 0 radical (unpaired) electrons. The number of fused-ring (bicyclic) bond motifs is 1. The van der Waals surface area contributed by atoms with Gasteiger partial charge in [0.1, 0.15) is 18.3 Å². The van der Waals surface area contributed by atoms with Crippen LogP contribution in [0.4, 0.5) is 0 Å². The molecule has 1 aliphatic rings. The lowest BCUT2D eigenvalue weighted by Crippen LogP contribution is -2.33. The number of nitrogens with zero attached hydrogens (tertiary/aromatic N) is 2. The van der Waals surface area contributed by atoms with E-state index in [4.69, 9.17) is 9.84 Å². The summed E-state index contributed by atoms with van der Waals surface area (Å²) in [5.74, 6) is 0. The normalized spacial score (nSPS) is 32.2. The Bertz CT molecular complexity index is 556. The van der Waals surface area contributed by atoms with Gasteiger partial charge in [-0.05, 0) is 12.1 Å². The zero-order valence-corrected chi connectivity index (χ0v) is 9.55. The van der Waals surface area contributed by atoms with Crippen LogP contribution in [0.2, 0.25) is 0 Å². The number of imidazole rings is 1. The predicted octanol–water partition coefficient (Wildman–Crippen LogP) is -0.352. The van der Waals surface area contributed by atoms with Crippen molar-refractivity contribution in [2.75, 3.05) is 6.61 Å². The molecular formula is C12H14N2O4. The minimum atomic E-state index is -1.10. The highest BCUT2D eigenvalue weighted by Gasteiger charge is 2.43. The predicted molar refractivity (Wildman–Crippen MR) is 62.7 cm³/mol. The van der Waals surface area contributed by atoms with Crippen LogP contribution in [0.25, 0.3) is 11.0 Å². The fraction of sp³-hybridized carbons (Fsp3) is 0.417. The van der Waals surface area contributed by atoms with Gasteiger partial charge in [0, 0.05) is 0 Å². The van der Waals surface area contributed by atoms with Gasteiger partial charge in [-0.15, -0.1) is 0 Å². The van der Waals surface area contributed by atoms with Crippen molar-refractivity contribution in [1.82, 2.24) is 9.55 Å². The summed E-state index contributed by atoms with van der Waals surface area (Å²) in [6.07, 6.45) is -2.12. The van der Waals surface area contributed by atoms with Crippen molar-refractivity contribution < 1.29 is 20.1 Å². The van der Waals surface area contributed by atoms with Crippen molar-refractivity contribution in [2.24, 2.45) is 0 Å². The van der Waals surface area contributed by atoms with Crippen LogP contribution in [0.3, 0.4) is 0 Å². The summed E-state index contributed by atoms with van der Waals surface area (Å²) < 4.78 is 7.13. The summed E-state index contributed by atoms with van der Waals surface area (Å²) >= 11 is 0. The van der Waals surface area contributed by atoms with Crippen LogP contribution < -0.4 is 0 Å². The summed E-state index contributed by atoms with van der Waals surface area (Å²) in [6, 6.07) is 7.45. The average Bonchev–Trinajstić information content (AvgIpc) is 2.93. The van der Waals surface area contributed by atoms with Crippen LogP contribution in [0.1, 0.15) is 6.23 Å². The standard InChI is InChI=1S/C12H14N2O4/c15-5-9-10(16)11(17)12(18-9)14-6-13-7-3-1-2-4-8(7)14/h1-4,6,9-12,15-17H,5H2/t9-,10-,11-,12+/m0/s1. The molecule has 0 unspecified atom stereocenters. The molecule has 1 fully saturated rings. The van der Waals surface area contributed by atoms with Gasteiger partial charge in [0.25, 0.3) is 0 Å². The summed E-state index contributed by atoms with van der Waals surface area (Å²) in [7, 11) is 0. The number of benzene rings is 1. The maximum atomic E-state index is 9.96. The van der Waals surface area contributed by atoms with Gasteiger partial charge in [-0.3, -0.25) is 0 Å². The zero-order valence-electron chi connectivity index (χ0n) is 9.55. The lowest BCUT2D eigenvalue weighted by atomic mass is 10.1. The van der Waals surface area contributed by atoms with Crippen molar-refractivity contribution in [2.45, 2.75) is 24.5 Å². The van der Waals surface area contributed by atoms with Crippen molar-refractivity contribution in [3.63, 3.8) is 0 Å². The van der Waals surface area contributed by atoms with Crippen LogP contribution in [0.15, 0.2) is 30.6 Å². The van der Waals surface area contributed by atoms with Gasteiger partial charge in [0.05, 0.1) is 24.0 Å². The third-order valence-electron chi connectivity index (χ3n) is 3.27. The number of ether oxygens (including phenoxy) is 1. The second-order valence-corrected chi connectivity index (χ2v) is 4.37. The zero-order chi connectivity index (χ0) is 12.7. The van der Waals surface area contributed by atoms with Gasteiger partial charge in [-0.2, -0.15) is 0 Å². The Morgan fingerprint density at radius 2 is 2.00 bits per heavy atom. The highest BCUT2D eigenvalue weighted by Crippen LogP contribution is 2.31. The van der Waals surface area contributed by atoms with E-state index in [1.165, 1.54) is 0 Å². The topological polar surface area (TPSA) is 87.7 Å². The lowest BCUT2D eigenvalue weighted by Gasteiger charge is -2.16. The SMILES string of the molecule is OC[C@@H]1O[C@@H](n2cnc3ccccc32)[C@@H](O)[C@H]1O. The molecular weight excluding hydrogens is 236 g/mol. The van der Waals surface area contributed by atoms with Crippen molar-refractivity contribution in [1.29, 1.82) is 0 Å². The van der Waals surface area contributed by atoms with Gasteiger partial charge in [-0.1, -0.05) is 12.1 Å². The molecule has 1 aromatic heterocycles. The van der Waals surface area contributed by atoms with E-state index >= 15 is 0 Å². The van der Waals surface area contributed by atoms with E-state index in [1.807, 2.05) is 24.3 Å². The first kappa shape index (κ1) is 11.6. The average molecular weight is 250 g/mol. The van der Waals surface area contributed by atoms with E-state index in [1.54, 1.807) is 10.9 Å². The molecule has 3 rings (SSSR count). The van der Waals surface area contributed by atoms with E-state index in [0.717, 1.165) is 11.0 Å². The Morgan fingerprint density at radius 1 is 1.22 bits per heavy atom. The maximum Gasteiger partial charge on any atom is 0.164 e. The number of rotatable bonds is 2. The fourth-order valence-electron chi connectivity index (χ4n) is 2.29. The molecule has 4 atom stereocenters. The maximum absolute atomic E-state index is 9.96. The van der Waals surface area contributed by atoms with Gasteiger partial charge < -0.3 is 24.6 Å². The first-order valence-corrected chi connectivity index (χ1v) is 5.76. The molecule has 3 N–H and O–H groups in total. The van der Waals surface area contributed by atoms with E-state index in [9.17, 15) is 10.2 Å². The van der Waals surface area contributed by atoms with Crippen LogP contribution in [-0.4, -0.2) is 49.8 Å². The van der Waals surface area contributed by atoms with E-state index in [2.05, 4.69) is 4.98 Å². The summed E-state index contributed by atoms with van der Waals surface area (Å²) in [4.78, 5) is 4.20. The molecule has 6 nitrogen and oxygen atoms in total. The highest BCUT2D eigenvalue weighted by atomic mass is 16.6. The highest BCUT2D eigenvalue weighted by molar-refractivity contribution is 5.75. The van der Waals surface area contributed by atoms with E-state index in [0.29, 0.717) is 0 Å². The second-order valence-electron chi connectivity index (χ2n) is 4.37. The number of aliphatic hydroxyl groups excluding tert-OH is 3. The third-order valence-corrected chi connectivity index (χ3v) is 3.27.